The average Bonchev–Trinajstić information content (AvgIpc) is 2.27. The van der Waals surface area contributed by atoms with Crippen LogP contribution in [0.3, 0.4) is 0 Å². The van der Waals surface area contributed by atoms with Crippen molar-refractivity contribution in [1.82, 2.24) is 0 Å². The summed E-state index contributed by atoms with van der Waals surface area (Å²) in [5, 5.41) is 0. The Morgan fingerprint density at radius 3 is 1.75 bits per heavy atom. The Balaban J connectivity index is 3.38. The van der Waals surface area contributed by atoms with Gasteiger partial charge in [0.2, 0.25) is 0 Å². The topological polar surface area (TPSA) is 46.3 Å². The van der Waals surface area contributed by atoms with Crippen molar-refractivity contribution in [3.05, 3.63) is 30.3 Å². The highest BCUT2D eigenvalue weighted by molar-refractivity contribution is 5.91. The van der Waals surface area contributed by atoms with Gasteiger partial charge in [-0.3, -0.25) is 0 Å². The number of amides is 2. The fraction of sp³-hybridized carbons (Fsp3) is 0.300. The number of para-hydroxylation sites is 1. The second kappa shape index (κ2) is 4.84. The Kier molecular flexibility index (Phi) is 3.88. The quantitative estimate of drug-likeness (QED) is 0.675. The Bertz CT molecular complexity index is 486. The van der Waals surface area contributed by atoms with Crippen LogP contribution < -0.4 is 10.6 Å². The third kappa shape index (κ3) is 2.49. The summed E-state index contributed by atoms with van der Waals surface area (Å²) in [5.74, 6) is -6.47. The smallest absolute Gasteiger partial charge is 0.351 e. The highest BCUT2D eigenvalue weighted by atomic mass is 19.4. The van der Waals surface area contributed by atoms with Gasteiger partial charge in [0.1, 0.15) is 0 Å². The molecule has 0 bridgehead atoms. The molecule has 0 heterocycles. The predicted octanol–water partition coefficient (Wildman–Crippen LogP) is 3.36. The van der Waals surface area contributed by atoms with Crippen LogP contribution in [0, 0.1) is 0 Å². The molecule has 0 fully saturated rings. The molecular weight excluding hydrogens is 297 g/mol. The minimum absolute atomic E-state index is 0.741. The van der Waals surface area contributed by atoms with Crippen LogP contribution in [-0.4, -0.2) is 24.2 Å². The summed E-state index contributed by atoms with van der Waals surface area (Å²) < 4.78 is 88.8. The largest absolute Gasteiger partial charge is 0.462 e. The molecule has 0 atom stereocenters. The molecule has 0 spiro atoms. The molecule has 2 amide bonds. The van der Waals surface area contributed by atoms with E-state index in [9.17, 15) is 35.5 Å². The van der Waals surface area contributed by atoms with Gasteiger partial charge in [0.15, 0.2) is 0 Å². The number of nitrogens with two attached hydrogens (primary N) is 1. The lowest BCUT2D eigenvalue weighted by atomic mass is 10.2. The van der Waals surface area contributed by atoms with Crippen molar-refractivity contribution in [3.8, 4) is 0 Å². The lowest BCUT2D eigenvalue weighted by Crippen LogP contribution is -2.63. The molecule has 0 radical (unpaired) electrons. The molecule has 1 rings (SSSR count). The summed E-state index contributed by atoms with van der Waals surface area (Å²) in [5.41, 5.74) is 3.61. The van der Waals surface area contributed by atoms with E-state index in [4.69, 9.17) is 0 Å². The number of carbonyl (C=O) groups excluding carboxylic acids is 1. The highest BCUT2D eigenvalue weighted by Crippen LogP contribution is 2.49. The van der Waals surface area contributed by atoms with E-state index in [2.05, 4.69) is 5.73 Å². The lowest BCUT2D eigenvalue weighted by molar-refractivity contribution is -0.351. The molecule has 0 aliphatic carbocycles. The third-order valence-corrected chi connectivity index (χ3v) is 2.25. The van der Waals surface area contributed by atoms with Crippen molar-refractivity contribution in [3.63, 3.8) is 0 Å². The Labute approximate surface area is 107 Å². The number of carbonyl (C=O) groups is 1. The second-order valence-corrected chi connectivity index (χ2v) is 3.62. The number of hydrogen-bond donors (Lipinski definition) is 1. The summed E-state index contributed by atoms with van der Waals surface area (Å²) in [4.78, 5) is 9.79. The maximum atomic E-state index is 13.5. The number of nitrogens with zero attached hydrogens (tertiary/aromatic N) is 1. The Morgan fingerprint density at radius 1 is 0.950 bits per heavy atom. The van der Waals surface area contributed by atoms with Crippen molar-refractivity contribution in [2.75, 3.05) is 4.90 Å². The molecule has 1 aromatic carbocycles. The summed E-state index contributed by atoms with van der Waals surface area (Å²) in [7, 11) is 0. The fourth-order valence-corrected chi connectivity index (χ4v) is 1.32. The van der Waals surface area contributed by atoms with Gasteiger partial charge < -0.3 is 5.73 Å². The third-order valence-electron chi connectivity index (χ3n) is 2.25. The average molecular weight is 304 g/mol. The molecule has 2 N–H and O–H groups in total. The molecule has 0 unspecified atom stereocenters. The first-order chi connectivity index (χ1) is 8.93. The second-order valence-electron chi connectivity index (χ2n) is 3.62. The van der Waals surface area contributed by atoms with Crippen molar-refractivity contribution in [2.24, 2.45) is 5.73 Å². The number of urea groups is 1. The summed E-state index contributed by atoms with van der Waals surface area (Å²) in [6, 6.07) is -3.14. The molecule has 3 nitrogen and oxygen atoms in total. The minimum Gasteiger partial charge on any atom is -0.351 e. The maximum Gasteiger partial charge on any atom is 0.462 e. The Hall–Kier alpha value is -2.00. The van der Waals surface area contributed by atoms with Crippen molar-refractivity contribution >= 4 is 11.7 Å². The first kappa shape index (κ1) is 16.1. The summed E-state index contributed by atoms with van der Waals surface area (Å²) in [6.45, 7) is 0. The zero-order valence-electron chi connectivity index (χ0n) is 9.47. The maximum absolute atomic E-state index is 13.5. The zero-order valence-corrected chi connectivity index (χ0v) is 9.47. The van der Waals surface area contributed by atoms with Crippen LogP contribution in [0.2, 0.25) is 0 Å². The number of halogens is 7. The van der Waals surface area contributed by atoms with Gasteiger partial charge >= 0.3 is 24.2 Å². The highest BCUT2D eigenvalue weighted by Gasteiger charge is 2.76. The van der Waals surface area contributed by atoms with E-state index in [-0.39, 0.29) is 0 Å². The van der Waals surface area contributed by atoms with E-state index in [1.54, 1.807) is 0 Å². The molecule has 0 aliphatic heterocycles. The Morgan fingerprint density at radius 2 is 1.40 bits per heavy atom. The van der Waals surface area contributed by atoms with Crippen LogP contribution in [0.25, 0.3) is 0 Å². The van der Waals surface area contributed by atoms with Crippen molar-refractivity contribution < 1.29 is 35.5 Å². The van der Waals surface area contributed by atoms with Gasteiger partial charge in [0.25, 0.3) is 0 Å². The van der Waals surface area contributed by atoms with Crippen LogP contribution in [0.4, 0.5) is 41.2 Å². The van der Waals surface area contributed by atoms with E-state index in [1.165, 1.54) is 6.07 Å². The minimum atomic E-state index is -6.56. The van der Waals surface area contributed by atoms with Gasteiger partial charge in [0, 0.05) is 0 Å². The molecule has 0 saturated heterocycles. The number of hydrogen-bond acceptors (Lipinski definition) is 1. The monoisotopic (exact) mass is 304 g/mol. The van der Waals surface area contributed by atoms with Gasteiger partial charge in [-0.25, -0.2) is 9.69 Å². The van der Waals surface area contributed by atoms with E-state index in [0.29, 0.717) is 0 Å². The molecule has 20 heavy (non-hydrogen) atoms. The van der Waals surface area contributed by atoms with Gasteiger partial charge in [-0.15, -0.1) is 0 Å². The number of rotatable bonds is 3. The number of benzene rings is 1. The zero-order chi connectivity index (χ0) is 15.8. The van der Waals surface area contributed by atoms with Crippen LogP contribution in [0.5, 0.6) is 0 Å². The van der Waals surface area contributed by atoms with E-state index in [0.717, 1.165) is 24.3 Å². The summed E-state index contributed by atoms with van der Waals surface area (Å²) >= 11 is 0. The number of alkyl halides is 7. The first-order valence-corrected chi connectivity index (χ1v) is 4.90. The number of primary amides is 1. The van der Waals surface area contributed by atoms with E-state index < -0.39 is 34.8 Å². The van der Waals surface area contributed by atoms with E-state index in [1.807, 2.05) is 0 Å². The standard InChI is InChI=1S/C10H7F7N2O/c11-8(12,9(13,14)15)10(16,17)19(7(18)20)6-4-2-1-3-5-6/h1-5H,(H2,18,20). The van der Waals surface area contributed by atoms with Crippen molar-refractivity contribution in [2.45, 2.75) is 18.1 Å². The fourth-order valence-electron chi connectivity index (χ4n) is 1.32. The SMILES string of the molecule is NC(=O)N(c1ccccc1)C(F)(F)C(F)(F)C(F)(F)F. The molecular formula is C10H7F7N2O. The molecule has 0 aromatic heterocycles. The van der Waals surface area contributed by atoms with Gasteiger partial charge in [0.05, 0.1) is 5.69 Å². The first-order valence-electron chi connectivity index (χ1n) is 4.90. The molecule has 112 valence electrons. The van der Waals surface area contributed by atoms with E-state index >= 15 is 0 Å². The van der Waals surface area contributed by atoms with Gasteiger partial charge in [-0.2, -0.15) is 30.7 Å². The van der Waals surface area contributed by atoms with Gasteiger partial charge in [-0.05, 0) is 12.1 Å². The molecule has 10 heteroatoms. The van der Waals surface area contributed by atoms with Crippen molar-refractivity contribution in [1.29, 1.82) is 0 Å². The van der Waals surface area contributed by atoms with Crippen LogP contribution in [0.1, 0.15) is 0 Å². The van der Waals surface area contributed by atoms with Gasteiger partial charge in [-0.1, -0.05) is 18.2 Å². The predicted molar refractivity (Wildman–Crippen MR) is 54.5 cm³/mol. The number of anilines is 1. The lowest BCUT2D eigenvalue weighted by Gasteiger charge is -2.35. The van der Waals surface area contributed by atoms with Crippen LogP contribution >= 0.6 is 0 Å². The summed E-state index contributed by atoms with van der Waals surface area (Å²) in [6.07, 6.45) is -6.56. The van der Waals surface area contributed by atoms with Crippen LogP contribution in [0.15, 0.2) is 30.3 Å². The van der Waals surface area contributed by atoms with Crippen LogP contribution in [-0.2, 0) is 0 Å². The molecule has 1 aromatic rings. The normalized spacial score (nSPS) is 13.2. The molecule has 0 saturated carbocycles. The molecule has 0 aliphatic rings.